The Morgan fingerprint density at radius 1 is 1.27 bits per heavy atom. The van der Waals surface area contributed by atoms with Crippen LogP contribution in [-0.4, -0.2) is 41.0 Å². The fraction of sp³-hybridized carbons (Fsp3) is 0.421. The molecule has 0 aliphatic carbocycles. The molecule has 1 aromatic heterocycles. The van der Waals surface area contributed by atoms with Gasteiger partial charge in [-0.25, -0.2) is 9.78 Å². The Kier molecular flexibility index (Phi) is 4.99. The number of amides is 1. The number of piperidine rings is 1. The molecule has 0 radical (unpaired) electrons. The van der Waals surface area contributed by atoms with Crippen molar-refractivity contribution in [3.63, 3.8) is 0 Å². The first kappa shape index (κ1) is 17.2. The third-order valence-corrected chi connectivity index (χ3v) is 5.61. The van der Waals surface area contributed by atoms with Crippen molar-refractivity contribution in [2.75, 3.05) is 18.4 Å². The Balaban J connectivity index is 1.37. The monoisotopic (exact) mass is 371 g/mol. The highest BCUT2D eigenvalue weighted by Gasteiger charge is 2.31. The zero-order valence-electron chi connectivity index (χ0n) is 14.4. The molecule has 4 rings (SSSR count). The first-order valence-electron chi connectivity index (χ1n) is 8.95. The number of hydrogen-bond donors (Lipinski definition) is 1. The standard InChI is InChI=1S/C19H21N3O3S/c23-17(16-10-13-6-2-3-7-15(13)18(24)25-16)21-19-20-14(12-26-19)11-22-8-4-1-5-9-22/h2-3,6-7,12,16H,1,4-5,8-11H2,(H,20,21,23). The van der Waals surface area contributed by atoms with E-state index in [-0.39, 0.29) is 5.91 Å². The molecule has 1 aromatic carbocycles. The summed E-state index contributed by atoms with van der Waals surface area (Å²) in [6, 6.07) is 7.23. The predicted molar refractivity (Wildman–Crippen MR) is 99.2 cm³/mol. The summed E-state index contributed by atoms with van der Waals surface area (Å²) in [5.41, 5.74) is 2.35. The number of nitrogens with zero attached hydrogens (tertiary/aromatic N) is 2. The van der Waals surface area contributed by atoms with E-state index >= 15 is 0 Å². The van der Waals surface area contributed by atoms with E-state index in [1.54, 1.807) is 12.1 Å². The van der Waals surface area contributed by atoms with E-state index in [9.17, 15) is 9.59 Å². The first-order chi connectivity index (χ1) is 12.7. The molecule has 1 unspecified atom stereocenters. The summed E-state index contributed by atoms with van der Waals surface area (Å²) in [5.74, 6) is -0.774. The quantitative estimate of drug-likeness (QED) is 0.837. The average molecular weight is 371 g/mol. The minimum atomic E-state index is -0.813. The number of hydrogen-bond acceptors (Lipinski definition) is 6. The molecule has 2 aromatic rings. The molecular weight excluding hydrogens is 350 g/mol. The maximum atomic E-state index is 12.5. The summed E-state index contributed by atoms with van der Waals surface area (Å²) in [5, 5.41) is 5.32. The molecule has 136 valence electrons. The van der Waals surface area contributed by atoms with Crippen LogP contribution in [0.25, 0.3) is 0 Å². The Morgan fingerprint density at radius 2 is 2.08 bits per heavy atom. The number of aromatic nitrogens is 1. The van der Waals surface area contributed by atoms with Gasteiger partial charge in [0.05, 0.1) is 11.3 Å². The van der Waals surface area contributed by atoms with Gasteiger partial charge in [-0.15, -0.1) is 11.3 Å². The van der Waals surface area contributed by atoms with Crippen molar-refractivity contribution in [1.29, 1.82) is 0 Å². The fourth-order valence-electron chi connectivity index (χ4n) is 3.45. The van der Waals surface area contributed by atoms with E-state index < -0.39 is 12.1 Å². The Labute approximate surface area is 156 Å². The number of cyclic esters (lactones) is 1. The minimum Gasteiger partial charge on any atom is -0.448 e. The molecule has 2 aliphatic heterocycles. The lowest BCUT2D eigenvalue weighted by Crippen LogP contribution is -2.38. The molecule has 2 aliphatic rings. The minimum absolute atomic E-state index is 0.327. The van der Waals surface area contributed by atoms with Gasteiger partial charge in [0.1, 0.15) is 0 Å². The SMILES string of the molecule is O=C1OC(C(=O)Nc2nc(CN3CCCCC3)cs2)Cc2ccccc21. The number of carbonyl (C=O) groups is 2. The number of rotatable bonds is 4. The van der Waals surface area contributed by atoms with Crippen molar-refractivity contribution < 1.29 is 14.3 Å². The highest BCUT2D eigenvalue weighted by atomic mass is 32.1. The second-order valence-electron chi connectivity index (χ2n) is 6.73. The van der Waals surface area contributed by atoms with Gasteiger partial charge in [0.15, 0.2) is 11.2 Å². The molecule has 1 fully saturated rings. The van der Waals surface area contributed by atoms with Crippen LogP contribution in [0.2, 0.25) is 0 Å². The van der Waals surface area contributed by atoms with Crippen LogP contribution in [-0.2, 0) is 22.5 Å². The first-order valence-corrected chi connectivity index (χ1v) is 9.83. The molecule has 0 bridgehead atoms. The molecule has 6 nitrogen and oxygen atoms in total. The normalized spacial score (nSPS) is 20.3. The van der Waals surface area contributed by atoms with Crippen LogP contribution in [0.1, 0.15) is 40.9 Å². The van der Waals surface area contributed by atoms with Gasteiger partial charge in [-0.3, -0.25) is 15.0 Å². The average Bonchev–Trinajstić information content (AvgIpc) is 3.09. The summed E-state index contributed by atoms with van der Waals surface area (Å²) in [6.45, 7) is 3.03. The molecule has 1 saturated heterocycles. The van der Waals surface area contributed by atoms with Gasteiger partial charge in [-0.05, 0) is 37.6 Å². The van der Waals surface area contributed by atoms with Crippen molar-refractivity contribution >= 4 is 28.3 Å². The molecule has 1 amide bonds. The summed E-state index contributed by atoms with van der Waals surface area (Å²) in [6.07, 6.45) is 3.36. The zero-order chi connectivity index (χ0) is 17.9. The van der Waals surface area contributed by atoms with Gasteiger partial charge in [0, 0.05) is 18.3 Å². The maximum absolute atomic E-state index is 12.5. The number of thiazole rings is 1. The van der Waals surface area contributed by atoms with Gasteiger partial charge >= 0.3 is 5.97 Å². The van der Waals surface area contributed by atoms with E-state index in [4.69, 9.17) is 4.74 Å². The fourth-order valence-corrected chi connectivity index (χ4v) is 4.15. The van der Waals surface area contributed by atoms with Gasteiger partial charge in [-0.1, -0.05) is 24.6 Å². The molecule has 0 spiro atoms. The molecule has 7 heteroatoms. The lowest BCUT2D eigenvalue weighted by Gasteiger charge is -2.25. The summed E-state index contributed by atoms with van der Waals surface area (Å²) < 4.78 is 5.29. The molecule has 1 atom stereocenters. The number of anilines is 1. The second kappa shape index (κ2) is 7.55. The molecular formula is C19H21N3O3S. The highest BCUT2D eigenvalue weighted by Crippen LogP contribution is 2.23. The van der Waals surface area contributed by atoms with E-state index in [1.165, 1.54) is 30.6 Å². The van der Waals surface area contributed by atoms with Crippen LogP contribution in [0.15, 0.2) is 29.6 Å². The number of esters is 1. The Bertz CT molecular complexity index is 814. The number of ether oxygens (including phenoxy) is 1. The lowest BCUT2D eigenvalue weighted by molar-refractivity contribution is -0.125. The third-order valence-electron chi connectivity index (χ3n) is 4.80. The van der Waals surface area contributed by atoms with Crippen LogP contribution >= 0.6 is 11.3 Å². The van der Waals surface area contributed by atoms with E-state index in [1.807, 2.05) is 17.5 Å². The van der Waals surface area contributed by atoms with Crippen LogP contribution in [0, 0.1) is 0 Å². The largest absolute Gasteiger partial charge is 0.448 e. The molecule has 0 saturated carbocycles. The summed E-state index contributed by atoms with van der Waals surface area (Å²) in [7, 11) is 0. The van der Waals surface area contributed by atoms with Gasteiger partial charge < -0.3 is 4.74 Å². The van der Waals surface area contributed by atoms with Crippen molar-refractivity contribution in [3.8, 4) is 0 Å². The van der Waals surface area contributed by atoms with Crippen molar-refractivity contribution in [2.45, 2.75) is 38.3 Å². The lowest BCUT2D eigenvalue weighted by atomic mass is 9.98. The number of carbonyl (C=O) groups excluding carboxylic acids is 2. The molecule has 3 heterocycles. The second-order valence-corrected chi connectivity index (χ2v) is 7.58. The number of benzene rings is 1. The number of fused-ring (bicyclic) bond motifs is 1. The Morgan fingerprint density at radius 3 is 2.92 bits per heavy atom. The van der Waals surface area contributed by atoms with E-state index in [0.29, 0.717) is 17.1 Å². The molecule has 26 heavy (non-hydrogen) atoms. The summed E-state index contributed by atoms with van der Waals surface area (Å²) >= 11 is 1.41. The van der Waals surface area contributed by atoms with Gasteiger partial charge in [0.2, 0.25) is 0 Å². The molecule has 1 N–H and O–H groups in total. The number of likely N-dealkylation sites (tertiary alicyclic amines) is 1. The van der Waals surface area contributed by atoms with Crippen LogP contribution in [0.4, 0.5) is 5.13 Å². The highest BCUT2D eigenvalue weighted by molar-refractivity contribution is 7.13. The van der Waals surface area contributed by atoms with Crippen LogP contribution < -0.4 is 5.32 Å². The predicted octanol–water partition coefficient (Wildman–Crippen LogP) is 2.85. The maximum Gasteiger partial charge on any atom is 0.339 e. The van der Waals surface area contributed by atoms with Crippen molar-refractivity contribution in [1.82, 2.24) is 9.88 Å². The van der Waals surface area contributed by atoms with Crippen molar-refractivity contribution in [2.24, 2.45) is 0 Å². The summed E-state index contributed by atoms with van der Waals surface area (Å²) in [4.78, 5) is 31.4. The van der Waals surface area contributed by atoms with Crippen molar-refractivity contribution in [3.05, 3.63) is 46.5 Å². The topological polar surface area (TPSA) is 71.5 Å². The zero-order valence-corrected chi connectivity index (χ0v) is 15.3. The van der Waals surface area contributed by atoms with Crippen LogP contribution in [0.5, 0.6) is 0 Å². The smallest absolute Gasteiger partial charge is 0.339 e. The van der Waals surface area contributed by atoms with Crippen LogP contribution in [0.3, 0.4) is 0 Å². The number of nitrogens with one attached hydrogen (secondary N) is 1. The Hall–Kier alpha value is -2.25. The van der Waals surface area contributed by atoms with E-state index in [2.05, 4.69) is 15.2 Å². The third kappa shape index (κ3) is 3.78. The van der Waals surface area contributed by atoms with Gasteiger partial charge in [0.25, 0.3) is 5.91 Å². The van der Waals surface area contributed by atoms with Gasteiger partial charge in [-0.2, -0.15) is 0 Å². The van der Waals surface area contributed by atoms with E-state index in [0.717, 1.165) is 30.9 Å².